The molecular formula is C37H54N8O4. The van der Waals surface area contributed by atoms with Gasteiger partial charge in [-0.1, -0.05) is 20.8 Å². The Morgan fingerprint density at radius 3 is 2.59 bits per heavy atom. The Bertz CT molecular complexity index is 1620. The van der Waals surface area contributed by atoms with Crippen LogP contribution >= 0.6 is 0 Å². The Kier molecular flexibility index (Phi) is 11.5. The van der Waals surface area contributed by atoms with Gasteiger partial charge in [0.05, 0.1) is 30.8 Å². The largest absolute Gasteiger partial charge is 0.379 e. The number of ether oxygens (including phenoxy) is 1. The molecule has 0 aliphatic carbocycles. The molecular weight excluding hydrogens is 620 g/mol. The minimum atomic E-state index is -0.460. The average molecular weight is 675 g/mol. The molecule has 1 unspecified atom stereocenters. The fraction of sp³-hybridized carbons (Fsp3) is 0.622. The number of piperidine rings is 2. The van der Waals surface area contributed by atoms with E-state index < -0.39 is 5.41 Å². The van der Waals surface area contributed by atoms with Crippen molar-refractivity contribution in [1.29, 1.82) is 0 Å². The number of H-pyrrole nitrogens is 2. The van der Waals surface area contributed by atoms with E-state index in [9.17, 15) is 14.4 Å². The van der Waals surface area contributed by atoms with Crippen molar-refractivity contribution in [1.82, 2.24) is 34.6 Å². The first kappa shape index (κ1) is 35.3. The number of carbonyl (C=O) groups excluding carboxylic acids is 2. The van der Waals surface area contributed by atoms with E-state index in [0.29, 0.717) is 25.0 Å². The molecule has 1 aromatic carbocycles. The zero-order valence-corrected chi connectivity index (χ0v) is 29.5. The summed E-state index contributed by atoms with van der Waals surface area (Å²) < 4.78 is 5.56. The van der Waals surface area contributed by atoms with Crippen LogP contribution in [-0.4, -0.2) is 125 Å². The maximum Gasteiger partial charge on any atom is 0.260 e. The van der Waals surface area contributed by atoms with Gasteiger partial charge in [-0.25, -0.2) is 4.98 Å². The molecule has 3 aromatic rings. The summed E-state index contributed by atoms with van der Waals surface area (Å²) in [6, 6.07) is 9.69. The number of nitrogens with zero attached hydrogens (tertiary/aromatic N) is 5. The van der Waals surface area contributed by atoms with E-state index in [-0.39, 0.29) is 22.9 Å². The van der Waals surface area contributed by atoms with Gasteiger partial charge in [0.25, 0.3) is 11.5 Å². The number of carbonyl (C=O) groups is 2. The number of anilines is 1. The van der Waals surface area contributed by atoms with Crippen molar-refractivity contribution < 1.29 is 14.3 Å². The van der Waals surface area contributed by atoms with Crippen LogP contribution in [0.1, 0.15) is 69.1 Å². The fourth-order valence-corrected chi connectivity index (χ4v) is 7.42. The quantitative estimate of drug-likeness (QED) is 0.281. The minimum Gasteiger partial charge on any atom is -0.379 e. The molecule has 12 nitrogen and oxygen atoms in total. The molecule has 1 atom stereocenters. The molecule has 3 aliphatic rings. The highest BCUT2D eigenvalue weighted by Crippen LogP contribution is 2.26. The summed E-state index contributed by atoms with van der Waals surface area (Å²) in [7, 11) is 0. The number of amides is 2. The Morgan fingerprint density at radius 1 is 1.04 bits per heavy atom. The third-order valence-corrected chi connectivity index (χ3v) is 10.3. The Labute approximate surface area is 289 Å². The number of nitrogens with one attached hydrogen (secondary N) is 3. The molecule has 3 aliphatic heterocycles. The van der Waals surface area contributed by atoms with Crippen molar-refractivity contribution in [2.75, 3.05) is 77.4 Å². The van der Waals surface area contributed by atoms with E-state index in [1.165, 1.54) is 0 Å². The number of pyridine rings is 1. The summed E-state index contributed by atoms with van der Waals surface area (Å²) in [6.45, 7) is 16.6. The van der Waals surface area contributed by atoms with Gasteiger partial charge in [-0.2, -0.15) is 0 Å². The van der Waals surface area contributed by atoms with Crippen LogP contribution in [0.2, 0.25) is 0 Å². The van der Waals surface area contributed by atoms with E-state index in [4.69, 9.17) is 9.72 Å². The van der Waals surface area contributed by atoms with Crippen molar-refractivity contribution in [3.05, 3.63) is 58.3 Å². The van der Waals surface area contributed by atoms with E-state index in [0.717, 1.165) is 120 Å². The van der Waals surface area contributed by atoms with Crippen LogP contribution in [0.25, 0.3) is 11.0 Å². The maximum absolute atomic E-state index is 13.3. The van der Waals surface area contributed by atoms with Gasteiger partial charge < -0.3 is 24.9 Å². The number of likely N-dealkylation sites (tertiary alicyclic amines) is 2. The standard InChI is InChI=1S/C37H54N8O4/c1-37(2,3)36(48)39-28-9-10-31-32(23-28)41-33(40-31)26-43-17-11-29(12-18-43)44(16-6-14-42-19-21-49-22-20-42)24-27-7-5-15-45(25-27)35(47)30-8-4-13-38-34(30)46/h4,8-10,13,23,27,29H,5-7,11-12,14-22,24-26H2,1-3H3,(H,38,46)(H,39,48)(H,40,41). The van der Waals surface area contributed by atoms with Gasteiger partial charge in [0.15, 0.2) is 0 Å². The highest BCUT2D eigenvalue weighted by molar-refractivity contribution is 5.96. The minimum absolute atomic E-state index is 0.0114. The molecule has 3 fully saturated rings. The van der Waals surface area contributed by atoms with Gasteiger partial charge in [0.1, 0.15) is 11.4 Å². The van der Waals surface area contributed by atoms with Gasteiger partial charge in [-0.05, 0) is 81.4 Å². The molecule has 6 rings (SSSR count). The lowest BCUT2D eigenvalue weighted by atomic mass is 9.94. The summed E-state index contributed by atoms with van der Waals surface area (Å²) in [6.07, 6.45) is 6.93. The van der Waals surface area contributed by atoms with Crippen LogP contribution in [-0.2, 0) is 16.1 Å². The SMILES string of the molecule is CC(C)(C)C(=O)Nc1ccc2nc(CN3CCC(N(CCCN4CCOCC4)CC4CCCN(C(=O)c5ccc[nH]c5=O)C4)CC3)[nH]c2c1. The summed E-state index contributed by atoms with van der Waals surface area (Å²) in [5, 5.41) is 3.02. The normalized spacial score (nSPS) is 20.2. The molecule has 49 heavy (non-hydrogen) atoms. The van der Waals surface area contributed by atoms with E-state index in [2.05, 4.69) is 30.0 Å². The van der Waals surface area contributed by atoms with Crippen molar-refractivity contribution in [3.8, 4) is 0 Å². The summed E-state index contributed by atoms with van der Waals surface area (Å²) >= 11 is 0. The van der Waals surface area contributed by atoms with Crippen LogP contribution in [0.3, 0.4) is 0 Å². The van der Waals surface area contributed by atoms with Crippen molar-refractivity contribution >= 4 is 28.5 Å². The predicted molar refractivity (Wildman–Crippen MR) is 192 cm³/mol. The molecule has 0 radical (unpaired) electrons. The first-order valence-corrected chi connectivity index (χ1v) is 18.2. The molecule has 5 heterocycles. The second-order valence-corrected chi connectivity index (χ2v) is 15.1. The van der Waals surface area contributed by atoms with E-state index in [1.54, 1.807) is 18.3 Å². The van der Waals surface area contributed by atoms with Gasteiger partial charge in [0, 0.05) is 69.2 Å². The number of fused-ring (bicyclic) bond motifs is 1. The lowest BCUT2D eigenvalue weighted by Gasteiger charge is -2.42. The number of hydrogen-bond acceptors (Lipinski definition) is 8. The van der Waals surface area contributed by atoms with Crippen molar-refractivity contribution in [2.45, 2.75) is 65.5 Å². The number of imidazole rings is 1. The molecule has 12 heteroatoms. The number of morpholine rings is 1. The van der Waals surface area contributed by atoms with Crippen LogP contribution in [0.4, 0.5) is 5.69 Å². The van der Waals surface area contributed by atoms with Gasteiger partial charge in [-0.15, -0.1) is 0 Å². The van der Waals surface area contributed by atoms with Gasteiger partial charge in [-0.3, -0.25) is 29.1 Å². The highest BCUT2D eigenvalue weighted by Gasteiger charge is 2.31. The van der Waals surface area contributed by atoms with Crippen LogP contribution in [0.5, 0.6) is 0 Å². The highest BCUT2D eigenvalue weighted by atomic mass is 16.5. The summed E-state index contributed by atoms with van der Waals surface area (Å²) in [5.41, 5.74) is 2.06. The van der Waals surface area contributed by atoms with Gasteiger partial charge in [0.2, 0.25) is 5.91 Å². The second-order valence-electron chi connectivity index (χ2n) is 15.1. The first-order chi connectivity index (χ1) is 23.6. The third-order valence-electron chi connectivity index (χ3n) is 10.3. The first-order valence-electron chi connectivity index (χ1n) is 18.2. The fourth-order valence-electron chi connectivity index (χ4n) is 7.42. The lowest BCUT2D eigenvalue weighted by Crippen LogP contribution is -2.50. The monoisotopic (exact) mass is 674 g/mol. The van der Waals surface area contributed by atoms with Gasteiger partial charge >= 0.3 is 0 Å². The third kappa shape index (κ3) is 9.36. The molecule has 2 amide bonds. The Hall–Kier alpha value is -3.58. The number of rotatable bonds is 11. The molecule has 3 N–H and O–H groups in total. The zero-order valence-electron chi connectivity index (χ0n) is 29.5. The molecule has 3 saturated heterocycles. The second kappa shape index (κ2) is 16.0. The Balaban J connectivity index is 1.06. The molecule has 266 valence electrons. The van der Waals surface area contributed by atoms with Crippen LogP contribution < -0.4 is 10.9 Å². The van der Waals surface area contributed by atoms with E-state index in [1.807, 2.05) is 43.9 Å². The molecule has 0 spiro atoms. The lowest BCUT2D eigenvalue weighted by molar-refractivity contribution is -0.123. The number of aromatic amines is 2. The van der Waals surface area contributed by atoms with Crippen LogP contribution in [0, 0.1) is 11.3 Å². The van der Waals surface area contributed by atoms with Crippen LogP contribution in [0.15, 0.2) is 41.3 Å². The summed E-state index contributed by atoms with van der Waals surface area (Å²) in [4.78, 5) is 58.7. The predicted octanol–water partition coefficient (Wildman–Crippen LogP) is 3.78. The number of benzene rings is 1. The molecule has 0 bridgehead atoms. The maximum atomic E-state index is 13.3. The Morgan fingerprint density at radius 2 is 1.84 bits per heavy atom. The topological polar surface area (TPSA) is 130 Å². The van der Waals surface area contributed by atoms with E-state index >= 15 is 0 Å². The zero-order chi connectivity index (χ0) is 34.4. The molecule has 2 aromatic heterocycles. The molecule has 0 saturated carbocycles. The van der Waals surface area contributed by atoms with Crippen molar-refractivity contribution in [3.63, 3.8) is 0 Å². The number of aromatic nitrogens is 3. The van der Waals surface area contributed by atoms with Crippen molar-refractivity contribution in [2.24, 2.45) is 11.3 Å². The average Bonchev–Trinajstić information content (AvgIpc) is 3.50. The summed E-state index contributed by atoms with van der Waals surface area (Å²) in [5.74, 6) is 1.16. The smallest absolute Gasteiger partial charge is 0.260 e. The number of hydrogen-bond donors (Lipinski definition) is 3.